The molecule has 0 spiro atoms. The van der Waals surface area contributed by atoms with Crippen LogP contribution in [-0.4, -0.2) is 10.6 Å². The van der Waals surface area contributed by atoms with Crippen LogP contribution in [0.4, 0.5) is 0 Å². The van der Waals surface area contributed by atoms with E-state index in [1.165, 1.54) is 0 Å². The number of hydrogen-bond acceptors (Lipinski definition) is 2. The van der Waals surface area contributed by atoms with Crippen LogP contribution in [0.25, 0.3) is 0 Å². The average Bonchev–Trinajstić information content (AvgIpc) is 1.99. The minimum Gasteiger partial charge on any atom is -0.508 e. The van der Waals surface area contributed by atoms with E-state index in [-0.39, 0.29) is 5.54 Å². The summed E-state index contributed by atoms with van der Waals surface area (Å²) in [5.41, 5.74) is 7.97. The van der Waals surface area contributed by atoms with Crippen molar-refractivity contribution < 1.29 is 5.11 Å². The van der Waals surface area contributed by atoms with Crippen LogP contribution in [0.3, 0.4) is 0 Å². The number of benzene rings is 1. The highest BCUT2D eigenvalue weighted by Crippen LogP contribution is 2.19. The van der Waals surface area contributed by atoms with Gasteiger partial charge in [-0.05, 0) is 49.9 Å². The number of aromatic hydroxyl groups is 1. The van der Waals surface area contributed by atoms with Crippen molar-refractivity contribution in [3.05, 3.63) is 29.3 Å². The summed E-state index contributed by atoms with van der Waals surface area (Å²) < 4.78 is 0. The summed E-state index contributed by atoms with van der Waals surface area (Å²) in [7, 11) is 0. The Morgan fingerprint density at radius 1 is 1.21 bits per heavy atom. The fourth-order valence-electron chi connectivity index (χ4n) is 1.58. The lowest BCUT2D eigenvalue weighted by Crippen LogP contribution is -2.34. The number of hydrogen-bond donors (Lipinski definition) is 2. The topological polar surface area (TPSA) is 46.2 Å². The second kappa shape index (κ2) is 4.01. The van der Waals surface area contributed by atoms with Crippen LogP contribution in [0.2, 0.25) is 0 Å². The Kier molecular flexibility index (Phi) is 3.17. The fourth-order valence-corrected chi connectivity index (χ4v) is 1.58. The first-order valence-electron chi connectivity index (χ1n) is 5.01. The second-order valence-electron chi connectivity index (χ2n) is 4.53. The molecule has 0 saturated carbocycles. The molecule has 2 heteroatoms. The smallest absolute Gasteiger partial charge is 0.116 e. The van der Waals surface area contributed by atoms with Crippen molar-refractivity contribution in [2.45, 2.75) is 39.2 Å². The van der Waals surface area contributed by atoms with Crippen molar-refractivity contribution in [2.75, 3.05) is 0 Å². The van der Waals surface area contributed by atoms with Crippen LogP contribution in [0.15, 0.2) is 18.2 Å². The van der Waals surface area contributed by atoms with E-state index in [4.69, 9.17) is 5.73 Å². The molecule has 1 aromatic carbocycles. The summed E-state index contributed by atoms with van der Waals surface area (Å²) in [5.74, 6) is 0.337. The lowest BCUT2D eigenvalue weighted by molar-refractivity contribution is 0.470. The van der Waals surface area contributed by atoms with Gasteiger partial charge in [-0.1, -0.05) is 13.0 Å². The zero-order chi connectivity index (χ0) is 10.8. The number of phenols is 1. The van der Waals surface area contributed by atoms with E-state index in [1.54, 1.807) is 12.1 Å². The van der Waals surface area contributed by atoms with E-state index in [0.717, 1.165) is 24.0 Å². The molecule has 0 unspecified atom stereocenters. The maximum Gasteiger partial charge on any atom is 0.116 e. The van der Waals surface area contributed by atoms with E-state index in [0.29, 0.717) is 5.75 Å². The third kappa shape index (κ3) is 3.38. The molecule has 1 aromatic rings. The molecular weight excluding hydrogens is 174 g/mol. The van der Waals surface area contributed by atoms with E-state index >= 15 is 0 Å². The van der Waals surface area contributed by atoms with Gasteiger partial charge < -0.3 is 10.8 Å². The van der Waals surface area contributed by atoms with E-state index in [9.17, 15) is 5.11 Å². The molecule has 78 valence electrons. The molecule has 3 N–H and O–H groups in total. The second-order valence-corrected chi connectivity index (χ2v) is 4.53. The SMILES string of the molecule is CCc1cc(O)cc(CC(C)(C)N)c1. The van der Waals surface area contributed by atoms with Gasteiger partial charge in [0.1, 0.15) is 5.75 Å². The minimum absolute atomic E-state index is 0.223. The Morgan fingerprint density at radius 3 is 2.29 bits per heavy atom. The van der Waals surface area contributed by atoms with Gasteiger partial charge in [0.05, 0.1) is 0 Å². The van der Waals surface area contributed by atoms with Gasteiger partial charge in [0, 0.05) is 5.54 Å². The molecule has 0 fully saturated rings. The summed E-state index contributed by atoms with van der Waals surface area (Å²) in [5, 5.41) is 9.48. The standard InChI is InChI=1S/C12H19NO/c1-4-9-5-10(7-11(14)6-9)8-12(2,3)13/h5-7,14H,4,8,13H2,1-3H3. The van der Waals surface area contributed by atoms with E-state index in [1.807, 2.05) is 13.8 Å². The first-order valence-corrected chi connectivity index (χ1v) is 5.01. The van der Waals surface area contributed by atoms with Crippen molar-refractivity contribution in [3.8, 4) is 5.75 Å². The Hall–Kier alpha value is -1.02. The first-order chi connectivity index (χ1) is 6.40. The van der Waals surface area contributed by atoms with Gasteiger partial charge in [-0.25, -0.2) is 0 Å². The van der Waals surface area contributed by atoms with Crippen molar-refractivity contribution in [1.29, 1.82) is 0 Å². The largest absolute Gasteiger partial charge is 0.508 e. The molecule has 2 nitrogen and oxygen atoms in total. The van der Waals surface area contributed by atoms with E-state index < -0.39 is 0 Å². The average molecular weight is 193 g/mol. The van der Waals surface area contributed by atoms with Crippen LogP contribution in [-0.2, 0) is 12.8 Å². The van der Waals surface area contributed by atoms with Gasteiger partial charge in [0.25, 0.3) is 0 Å². The highest BCUT2D eigenvalue weighted by atomic mass is 16.3. The lowest BCUT2D eigenvalue weighted by Gasteiger charge is -2.18. The third-order valence-electron chi connectivity index (χ3n) is 2.11. The van der Waals surface area contributed by atoms with Crippen LogP contribution >= 0.6 is 0 Å². The summed E-state index contributed by atoms with van der Waals surface area (Å²) in [6, 6.07) is 5.69. The Balaban J connectivity index is 2.92. The Bertz CT molecular complexity index is 313. The quantitative estimate of drug-likeness (QED) is 0.773. The van der Waals surface area contributed by atoms with Crippen LogP contribution in [0, 0.1) is 0 Å². The van der Waals surface area contributed by atoms with Gasteiger partial charge in [-0.2, -0.15) is 0 Å². The maximum absolute atomic E-state index is 9.48. The molecule has 0 aromatic heterocycles. The number of rotatable bonds is 3. The summed E-state index contributed by atoms with van der Waals surface area (Å²) in [6.07, 6.45) is 1.72. The molecule has 0 heterocycles. The molecule has 14 heavy (non-hydrogen) atoms. The summed E-state index contributed by atoms with van der Waals surface area (Å²) in [4.78, 5) is 0. The first kappa shape index (κ1) is 11.1. The minimum atomic E-state index is -0.223. The fraction of sp³-hybridized carbons (Fsp3) is 0.500. The number of phenolic OH excluding ortho intramolecular Hbond substituents is 1. The monoisotopic (exact) mass is 193 g/mol. The molecular formula is C12H19NO. The number of nitrogens with two attached hydrogens (primary N) is 1. The maximum atomic E-state index is 9.48. The predicted molar refractivity (Wildman–Crippen MR) is 59.5 cm³/mol. The molecule has 0 aliphatic heterocycles. The molecule has 0 radical (unpaired) electrons. The Labute approximate surface area is 85.8 Å². The van der Waals surface area contributed by atoms with Gasteiger partial charge in [-0.15, -0.1) is 0 Å². The highest BCUT2D eigenvalue weighted by Gasteiger charge is 2.12. The third-order valence-corrected chi connectivity index (χ3v) is 2.11. The molecule has 0 aliphatic rings. The number of aryl methyl sites for hydroxylation is 1. The molecule has 0 saturated heterocycles. The molecule has 0 aliphatic carbocycles. The van der Waals surface area contributed by atoms with Gasteiger partial charge >= 0.3 is 0 Å². The molecule has 0 amide bonds. The molecule has 0 bridgehead atoms. The summed E-state index contributed by atoms with van der Waals surface area (Å²) in [6.45, 7) is 6.05. The van der Waals surface area contributed by atoms with Gasteiger partial charge in [0.15, 0.2) is 0 Å². The van der Waals surface area contributed by atoms with Crippen molar-refractivity contribution in [2.24, 2.45) is 5.73 Å². The van der Waals surface area contributed by atoms with Crippen LogP contribution in [0.5, 0.6) is 5.75 Å². The lowest BCUT2D eigenvalue weighted by atomic mass is 9.94. The van der Waals surface area contributed by atoms with Crippen molar-refractivity contribution in [3.63, 3.8) is 0 Å². The molecule has 0 atom stereocenters. The van der Waals surface area contributed by atoms with E-state index in [2.05, 4.69) is 13.0 Å². The molecule has 1 rings (SSSR count). The summed E-state index contributed by atoms with van der Waals surface area (Å²) >= 11 is 0. The van der Waals surface area contributed by atoms with Crippen LogP contribution in [0.1, 0.15) is 31.9 Å². The van der Waals surface area contributed by atoms with Crippen molar-refractivity contribution >= 4 is 0 Å². The van der Waals surface area contributed by atoms with Crippen molar-refractivity contribution in [1.82, 2.24) is 0 Å². The normalized spacial score (nSPS) is 11.7. The van der Waals surface area contributed by atoms with Gasteiger partial charge in [0.2, 0.25) is 0 Å². The zero-order valence-electron chi connectivity index (χ0n) is 9.17. The Morgan fingerprint density at radius 2 is 1.79 bits per heavy atom. The van der Waals surface area contributed by atoms with Gasteiger partial charge in [-0.3, -0.25) is 0 Å². The van der Waals surface area contributed by atoms with Crippen LogP contribution < -0.4 is 5.73 Å². The highest BCUT2D eigenvalue weighted by molar-refractivity contribution is 5.34. The zero-order valence-corrected chi connectivity index (χ0v) is 9.17. The predicted octanol–water partition coefficient (Wildman–Crippen LogP) is 2.23.